The minimum absolute atomic E-state index is 0.111. The lowest BCUT2D eigenvalue weighted by Crippen LogP contribution is -2.19. The summed E-state index contributed by atoms with van der Waals surface area (Å²) >= 11 is 0. The summed E-state index contributed by atoms with van der Waals surface area (Å²) in [4.78, 5) is 8.30. The predicted octanol–water partition coefficient (Wildman–Crippen LogP) is 3.08. The van der Waals surface area contributed by atoms with Crippen LogP contribution in [0.3, 0.4) is 0 Å². The van der Waals surface area contributed by atoms with E-state index in [4.69, 9.17) is 0 Å². The molecule has 0 amide bonds. The lowest BCUT2D eigenvalue weighted by Gasteiger charge is -2.14. The Bertz CT molecular complexity index is 532. The van der Waals surface area contributed by atoms with Crippen LogP contribution in [-0.4, -0.2) is 9.97 Å². The van der Waals surface area contributed by atoms with Gasteiger partial charge in [-0.15, -0.1) is 0 Å². The molecule has 1 heterocycles. The fraction of sp³-hybridized carbons (Fsp3) is 0.333. The molecule has 0 aliphatic rings. The highest BCUT2D eigenvalue weighted by molar-refractivity contribution is 5.30. The highest BCUT2D eigenvalue weighted by Crippen LogP contribution is 2.15. The molecule has 19 heavy (non-hydrogen) atoms. The topological polar surface area (TPSA) is 37.8 Å². The molecule has 0 aliphatic carbocycles. The Morgan fingerprint density at radius 2 is 1.89 bits per heavy atom. The van der Waals surface area contributed by atoms with E-state index in [0.29, 0.717) is 17.7 Å². The summed E-state index contributed by atoms with van der Waals surface area (Å²) in [5, 5.41) is 3.36. The minimum Gasteiger partial charge on any atom is -0.305 e. The fourth-order valence-electron chi connectivity index (χ4n) is 2.05. The first-order chi connectivity index (χ1) is 9.08. The molecular formula is C15H18FN3. The average molecular weight is 259 g/mol. The molecule has 1 atom stereocenters. The van der Waals surface area contributed by atoms with Crippen molar-refractivity contribution in [1.82, 2.24) is 15.3 Å². The number of hydrogen-bond donors (Lipinski definition) is 1. The summed E-state index contributed by atoms with van der Waals surface area (Å²) in [7, 11) is 0. The number of aromatic nitrogens is 2. The molecule has 0 spiro atoms. The van der Waals surface area contributed by atoms with Crippen molar-refractivity contribution in [3.63, 3.8) is 0 Å². The van der Waals surface area contributed by atoms with Crippen molar-refractivity contribution >= 4 is 0 Å². The SMILES string of the molecule is Cc1cc(CNC(C)c2cnccn2)cc(C)c1F. The standard InChI is InChI=1S/C15H18FN3/c1-10-6-13(7-11(2)15(10)16)8-19-12(3)14-9-17-4-5-18-14/h4-7,9,12,19H,8H2,1-3H3. The summed E-state index contributed by atoms with van der Waals surface area (Å²) in [6.45, 7) is 6.29. The molecule has 100 valence electrons. The van der Waals surface area contributed by atoms with Crippen molar-refractivity contribution in [2.24, 2.45) is 0 Å². The van der Waals surface area contributed by atoms with Gasteiger partial charge in [0.1, 0.15) is 5.82 Å². The number of hydrogen-bond acceptors (Lipinski definition) is 3. The van der Waals surface area contributed by atoms with Crippen LogP contribution in [0.15, 0.2) is 30.7 Å². The van der Waals surface area contributed by atoms with Crippen LogP contribution >= 0.6 is 0 Å². The van der Waals surface area contributed by atoms with Gasteiger partial charge in [-0.1, -0.05) is 12.1 Å². The van der Waals surface area contributed by atoms with Gasteiger partial charge in [0, 0.05) is 31.2 Å². The first kappa shape index (κ1) is 13.6. The van der Waals surface area contributed by atoms with Crippen LogP contribution in [0.5, 0.6) is 0 Å². The molecule has 0 aliphatic heterocycles. The van der Waals surface area contributed by atoms with E-state index in [2.05, 4.69) is 15.3 Å². The minimum atomic E-state index is -0.120. The molecule has 1 N–H and O–H groups in total. The first-order valence-electron chi connectivity index (χ1n) is 6.33. The summed E-state index contributed by atoms with van der Waals surface area (Å²) < 4.78 is 13.5. The van der Waals surface area contributed by atoms with E-state index in [1.165, 1.54) is 0 Å². The molecule has 3 nitrogen and oxygen atoms in total. The highest BCUT2D eigenvalue weighted by Gasteiger charge is 2.08. The van der Waals surface area contributed by atoms with E-state index in [9.17, 15) is 4.39 Å². The number of aryl methyl sites for hydroxylation is 2. The maximum atomic E-state index is 13.5. The molecule has 1 aromatic heterocycles. The lowest BCUT2D eigenvalue weighted by atomic mass is 10.1. The molecule has 2 rings (SSSR count). The Morgan fingerprint density at radius 1 is 1.21 bits per heavy atom. The fourth-order valence-corrected chi connectivity index (χ4v) is 2.05. The maximum Gasteiger partial charge on any atom is 0.129 e. The number of nitrogens with zero attached hydrogens (tertiary/aromatic N) is 2. The second kappa shape index (κ2) is 5.89. The third-order valence-electron chi connectivity index (χ3n) is 3.14. The molecule has 0 saturated heterocycles. The van der Waals surface area contributed by atoms with Crippen LogP contribution in [0.4, 0.5) is 4.39 Å². The van der Waals surface area contributed by atoms with Crippen molar-refractivity contribution in [3.05, 3.63) is 58.9 Å². The largest absolute Gasteiger partial charge is 0.305 e. The lowest BCUT2D eigenvalue weighted by molar-refractivity contribution is 0.556. The Balaban J connectivity index is 2.03. The van der Waals surface area contributed by atoms with E-state index >= 15 is 0 Å². The number of benzene rings is 1. The van der Waals surface area contributed by atoms with Gasteiger partial charge in [-0.05, 0) is 37.5 Å². The van der Waals surface area contributed by atoms with Gasteiger partial charge in [-0.25, -0.2) is 4.39 Å². The Labute approximate surface area is 112 Å². The van der Waals surface area contributed by atoms with Crippen molar-refractivity contribution in [2.45, 2.75) is 33.4 Å². The van der Waals surface area contributed by atoms with Crippen LogP contribution < -0.4 is 5.32 Å². The third-order valence-corrected chi connectivity index (χ3v) is 3.14. The van der Waals surface area contributed by atoms with Crippen molar-refractivity contribution in [3.8, 4) is 0 Å². The monoisotopic (exact) mass is 259 g/mol. The molecule has 1 unspecified atom stereocenters. The highest BCUT2D eigenvalue weighted by atomic mass is 19.1. The van der Waals surface area contributed by atoms with Gasteiger partial charge in [0.2, 0.25) is 0 Å². The van der Waals surface area contributed by atoms with Crippen LogP contribution in [0.2, 0.25) is 0 Å². The predicted molar refractivity (Wildman–Crippen MR) is 73.2 cm³/mol. The van der Waals surface area contributed by atoms with Gasteiger partial charge < -0.3 is 5.32 Å². The molecule has 4 heteroatoms. The zero-order chi connectivity index (χ0) is 13.8. The van der Waals surface area contributed by atoms with E-state index in [1.807, 2.05) is 19.1 Å². The van der Waals surface area contributed by atoms with E-state index in [0.717, 1.165) is 11.3 Å². The number of rotatable bonds is 4. The molecule has 0 saturated carbocycles. The number of nitrogens with one attached hydrogen (secondary N) is 1. The molecule has 0 fully saturated rings. The summed E-state index contributed by atoms with van der Waals surface area (Å²) in [5.74, 6) is -0.120. The van der Waals surface area contributed by atoms with E-state index < -0.39 is 0 Å². The van der Waals surface area contributed by atoms with Crippen molar-refractivity contribution in [1.29, 1.82) is 0 Å². The molecule has 0 radical (unpaired) electrons. The Morgan fingerprint density at radius 3 is 2.47 bits per heavy atom. The molecule has 1 aromatic carbocycles. The second-order valence-corrected chi connectivity index (χ2v) is 4.78. The van der Waals surface area contributed by atoms with E-state index in [-0.39, 0.29) is 11.9 Å². The smallest absolute Gasteiger partial charge is 0.129 e. The van der Waals surface area contributed by atoms with Crippen LogP contribution in [0.25, 0.3) is 0 Å². The van der Waals surface area contributed by atoms with Gasteiger partial charge >= 0.3 is 0 Å². The summed E-state index contributed by atoms with van der Waals surface area (Å²) in [6, 6.07) is 3.86. The average Bonchev–Trinajstić information content (AvgIpc) is 2.43. The summed E-state index contributed by atoms with van der Waals surface area (Å²) in [6.07, 6.45) is 5.08. The van der Waals surface area contributed by atoms with Crippen molar-refractivity contribution < 1.29 is 4.39 Å². The quantitative estimate of drug-likeness (QED) is 0.917. The molecule has 0 bridgehead atoms. The van der Waals surface area contributed by atoms with Crippen LogP contribution in [-0.2, 0) is 6.54 Å². The van der Waals surface area contributed by atoms with Gasteiger partial charge in [0.25, 0.3) is 0 Å². The van der Waals surface area contributed by atoms with Crippen LogP contribution in [0.1, 0.15) is 35.3 Å². The first-order valence-corrected chi connectivity index (χ1v) is 6.33. The van der Waals surface area contributed by atoms with Gasteiger partial charge in [0.15, 0.2) is 0 Å². The normalized spacial score (nSPS) is 12.4. The summed E-state index contributed by atoms with van der Waals surface area (Å²) in [5.41, 5.74) is 3.35. The molecule has 2 aromatic rings. The zero-order valence-corrected chi connectivity index (χ0v) is 11.4. The molecular weight excluding hydrogens is 241 g/mol. The third kappa shape index (κ3) is 3.35. The van der Waals surface area contributed by atoms with Crippen molar-refractivity contribution in [2.75, 3.05) is 0 Å². The number of halogens is 1. The maximum absolute atomic E-state index is 13.5. The van der Waals surface area contributed by atoms with Gasteiger partial charge in [0.05, 0.1) is 5.69 Å². The van der Waals surface area contributed by atoms with E-state index in [1.54, 1.807) is 32.4 Å². The van der Waals surface area contributed by atoms with Gasteiger partial charge in [-0.3, -0.25) is 9.97 Å². The second-order valence-electron chi connectivity index (χ2n) is 4.78. The zero-order valence-electron chi connectivity index (χ0n) is 11.4. The van der Waals surface area contributed by atoms with Gasteiger partial charge in [-0.2, -0.15) is 0 Å². The Hall–Kier alpha value is -1.81. The van der Waals surface area contributed by atoms with Crippen LogP contribution in [0, 0.1) is 19.7 Å². The Kier molecular flexibility index (Phi) is 4.22.